The Hall–Kier alpha value is -1.51. The number of carbonyl (C=O) groups excluding carboxylic acids is 1. The van der Waals surface area contributed by atoms with E-state index in [1.807, 2.05) is 24.3 Å². The van der Waals surface area contributed by atoms with Crippen LogP contribution in [-0.4, -0.2) is 12.1 Å². The summed E-state index contributed by atoms with van der Waals surface area (Å²) in [4.78, 5) is 12.0. The SMILES string of the molecule is CCC1CCCCC1OC(=O)Cc1ccccc1N. The maximum atomic E-state index is 12.0. The van der Waals surface area contributed by atoms with Gasteiger partial charge in [0.1, 0.15) is 6.10 Å². The predicted octanol–water partition coefficient (Wildman–Crippen LogP) is 3.32. The second-order valence-corrected chi connectivity index (χ2v) is 5.36. The molecule has 1 aromatic rings. The summed E-state index contributed by atoms with van der Waals surface area (Å²) in [5, 5.41) is 0. The van der Waals surface area contributed by atoms with Crippen LogP contribution in [0.2, 0.25) is 0 Å². The number of nitrogens with two attached hydrogens (primary N) is 1. The summed E-state index contributed by atoms with van der Waals surface area (Å²) in [6, 6.07) is 7.47. The number of hydrogen-bond donors (Lipinski definition) is 1. The van der Waals surface area contributed by atoms with Crippen molar-refractivity contribution < 1.29 is 9.53 Å². The molecule has 104 valence electrons. The normalized spacial score (nSPS) is 23.0. The van der Waals surface area contributed by atoms with Gasteiger partial charge in [0, 0.05) is 5.69 Å². The molecule has 3 nitrogen and oxygen atoms in total. The number of para-hydroxylation sites is 1. The minimum atomic E-state index is -0.150. The van der Waals surface area contributed by atoms with Crippen LogP contribution in [0.1, 0.15) is 44.6 Å². The first-order chi connectivity index (χ1) is 9.20. The molecule has 2 rings (SSSR count). The molecule has 0 aromatic heterocycles. The first-order valence-corrected chi connectivity index (χ1v) is 7.23. The number of anilines is 1. The Morgan fingerprint density at radius 2 is 2.05 bits per heavy atom. The molecule has 2 unspecified atom stereocenters. The van der Waals surface area contributed by atoms with Crippen molar-refractivity contribution in [3.05, 3.63) is 29.8 Å². The van der Waals surface area contributed by atoms with Gasteiger partial charge in [-0.15, -0.1) is 0 Å². The van der Waals surface area contributed by atoms with Crippen LogP contribution in [-0.2, 0) is 16.0 Å². The van der Waals surface area contributed by atoms with Crippen molar-refractivity contribution in [3.8, 4) is 0 Å². The molecule has 0 bridgehead atoms. The number of esters is 1. The van der Waals surface area contributed by atoms with Gasteiger partial charge in [0.15, 0.2) is 0 Å². The Labute approximate surface area is 115 Å². The van der Waals surface area contributed by atoms with Gasteiger partial charge in [0.2, 0.25) is 0 Å². The van der Waals surface area contributed by atoms with Gasteiger partial charge >= 0.3 is 5.97 Å². The van der Waals surface area contributed by atoms with Crippen LogP contribution in [0.15, 0.2) is 24.3 Å². The van der Waals surface area contributed by atoms with Crippen LogP contribution in [0.5, 0.6) is 0 Å². The Kier molecular flexibility index (Phi) is 4.83. The van der Waals surface area contributed by atoms with E-state index in [4.69, 9.17) is 10.5 Å². The molecule has 19 heavy (non-hydrogen) atoms. The summed E-state index contributed by atoms with van der Waals surface area (Å²) < 4.78 is 5.66. The molecule has 0 radical (unpaired) electrons. The molecule has 2 N–H and O–H groups in total. The zero-order valence-electron chi connectivity index (χ0n) is 11.6. The van der Waals surface area contributed by atoms with Crippen molar-refractivity contribution in [1.82, 2.24) is 0 Å². The molecule has 1 fully saturated rings. The average Bonchev–Trinajstić information content (AvgIpc) is 2.42. The van der Waals surface area contributed by atoms with Crippen LogP contribution in [0.3, 0.4) is 0 Å². The van der Waals surface area contributed by atoms with E-state index >= 15 is 0 Å². The summed E-state index contributed by atoms with van der Waals surface area (Å²) in [6.45, 7) is 2.17. The smallest absolute Gasteiger partial charge is 0.310 e. The largest absolute Gasteiger partial charge is 0.462 e. The van der Waals surface area contributed by atoms with E-state index < -0.39 is 0 Å². The monoisotopic (exact) mass is 261 g/mol. The second kappa shape index (κ2) is 6.60. The van der Waals surface area contributed by atoms with Gasteiger partial charge in [-0.25, -0.2) is 0 Å². The number of nitrogen functional groups attached to an aromatic ring is 1. The highest BCUT2D eigenvalue weighted by Gasteiger charge is 2.26. The molecule has 0 heterocycles. The molecule has 1 aliphatic rings. The third-order valence-electron chi connectivity index (χ3n) is 4.04. The first-order valence-electron chi connectivity index (χ1n) is 7.23. The summed E-state index contributed by atoms with van der Waals surface area (Å²) in [5.41, 5.74) is 7.37. The predicted molar refractivity (Wildman–Crippen MR) is 76.7 cm³/mol. The topological polar surface area (TPSA) is 52.3 Å². The minimum Gasteiger partial charge on any atom is -0.462 e. The van der Waals surface area contributed by atoms with E-state index in [1.54, 1.807) is 0 Å². The van der Waals surface area contributed by atoms with Crippen molar-refractivity contribution in [2.45, 2.75) is 51.6 Å². The van der Waals surface area contributed by atoms with Crippen LogP contribution < -0.4 is 5.73 Å². The highest BCUT2D eigenvalue weighted by molar-refractivity contribution is 5.75. The summed E-state index contributed by atoms with van der Waals surface area (Å²) >= 11 is 0. The first kappa shape index (κ1) is 13.9. The molecule has 3 heteroatoms. The van der Waals surface area contributed by atoms with Gasteiger partial charge in [-0.1, -0.05) is 31.5 Å². The maximum absolute atomic E-state index is 12.0. The molecule has 1 aliphatic carbocycles. The summed E-state index contributed by atoms with van der Waals surface area (Å²) in [6.07, 6.45) is 6.10. The fourth-order valence-electron chi connectivity index (χ4n) is 2.86. The lowest BCUT2D eigenvalue weighted by atomic mass is 9.85. The third kappa shape index (κ3) is 3.72. The van der Waals surface area contributed by atoms with E-state index in [0.29, 0.717) is 11.6 Å². The third-order valence-corrected chi connectivity index (χ3v) is 4.04. The fraction of sp³-hybridized carbons (Fsp3) is 0.562. The van der Waals surface area contributed by atoms with E-state index in [1.165, 1.54) is 19.3 Å². The number of benzene rings is 1. The lowest BCUT2D eigenvalue weighted by molar-refractivity contribution is -0.152. The standard InChI is InChI=1S/C16H23NO2/c1-2-12-7-4-6-10-15(12)19-16(18)11-13-8-3-5-9-14(13)17/h3,5,8-9,12,15H,2,4,6-7,10-11,17H2,1H3. The molecule has 2 atom stereocenters. The van der Waals surface area contributed by atoms with E-state index in [-0.39, 0.29) is 18.5 Å². The lowest BCUT2D eigenvalue weighted by Crippen LogP contribution is -2.30. The maximum Gasteiger partial charge on any atom is 0.310 e. The average molecular weight is 261 g/mol. The zero-order chi connectivity index (χ0) is 13.7. The van der Waals surface area contributed by atoms with E-state index in [0.717, 1.165) is 18.4 Å². The Bertz CT molecular complexity index is 431. The summed E-state index contributed by atoms with van der Waals surface area (Å²) in [5.74, 6) is 0.383. The molecule has 0 spiro atoms. The number of hydrogen-bond acceptors (Lipinski definition) is 3. The molecule has 0 aliphatic heterocycles. The molecular weight excluding hydrogens is 238 g/mol. The Morgan fingerprint density at radius 1 is 1.32 bits per heavy atom. The van der Waals surface area contributed by atoms with Crippen LogP contribution in [0.25, 0.3) is 0 Å². The van der Waals surface area contributed by atoms with Crippen LogP contribution in [0.4, 0.5) is 5.69 Å². The van der Waals surface area contributed by atoms with Crippen molar-refractivity contribution in [1.29, 1.82) is 0 Å². The van der Waals surface area contributed by atoms with Crippen molar-refractivity contribution >= 4 is 11.7 Å². The highest BCUT2D eigenvalue weighted by Crippen LogP contribution is 2.29. The second-order valence-electron chi connectivity index (χ2n) is 5.36. The van der Waals surface area contributed by atoms with Gasteiger partial charge in [0.25, 0.3) is 0 Å². The summed E-state index contributed by atoms with van der Waals surface area (Å²) in [7, 11) is 0. The molecule has 1 aromatic carbocycles. The number of carbonyl (C=O) groups is 1. The number of ether oxygens (including phenoxy) is 1. The van der Waals surface area contributed by atoms with Gasteiger partial charge in [-0.2, -0.15) is 0 Å². The molecule has 0 saturated heterocycles. The van der Waals surface area contributed by atoms with Crippen molar-refractivity contribution in [2.24, 2.45) is 5.92 Å². The van der Waals surface area contributed by atoms with E-state index in [9.17, 15) is 4.79 Å². The van der Waals surface area contributed by atoms with Crippen LogP contribution >= 0.6 is 0 Å². The zero-order valence-corrected chi connectivity index (χ0v) is 11.6. The van der Waals surface area contributed by atoms with Gasteiger partial charge in [0.05, 0.1) is 6.42 Å². The molecule has 1 saturated carbocycles. The fourth-order valence-corrected chi connectivity index (χ4v) is 2.86. The molecule has 0 amide bonds. The molecular formula is C16H23NO2. The highest BCUT2D eigenvalue weighted by atomic mass is 16.5. The quantitative estimate of drug-likeness (QED) is 0.668. The number of rotatable bonds is 4. The van der Waals surface area contributed by atoms with Gasteiger partial charge < -0.3 is 10.5 Å². The van der Waals surface area contributed by atoms with Crippen molar-refractivity contribution in [2.75, 3.05) is 5.73 Å². The van der Waals surface area contributed by atoms with Gasteiger partial charge in [-0.3, -0.25) is 4.79 Å². The van der Waals surface area contributed by atoms with Crippen molar-refractivity contribution in [3.63, 3.8) is 0 Å². The van der Waals surface area contributed by atoms with E-state index in [2.05, 4.69) is 6.92 Å². The van der Waals surface area contributed by atoms with Crippen LogP contribution in [0, 0.1) is 5.92 Å². The Morgan fingerprint density at radius 3 is 2.79 bits per heavy atom. The lowest BCUT2D eigenvalue weighted by Gasteiger charge is -2.30. The minimum absolute atomic E-state index is 0.108. The van der Waals surface area contributed by atoms with Gasteiger partial charge in [-0.05, 0) is 43.2 Å². The Balaban J connectivity index is 1.92.